The quantitative estimate of drug-likeness (QED) is 0.661. The normalized spacial score (nSPS) is 16.5. The molecule has 0 spiro atoms. The number of anilines is 2. The van der Waals surface area contributed by atoms with Crippen LogP contribution in [0.15, 0.2) is 36.4 Å². The Morgan fingerprint density at radius 3 is 2.48 bits per heavy atom. The molecule has 0 saturated carbocycles. The summed E-state index contributed by atoms with van der Waals surface area (Å²) in [6, 6.07) is 10.4. The van der Waals surface area contributed by atoms with Gasteiger partial charge in [-0.3, -0.25) is 19.7 Å². The molecule has 140 valence electrons. The third kappa shape index (κ3) is 3.81. The average molecular weight is 367 g/mol. The molecule has 0 radical (unpaired) electrons. The van der Waals surface area contributed by atoms with E-state index in [0.717, 1.165) is 16.8 Å². The van der Waals surface area contributed by atoms with Gasteiger partial charge in [0.1, 0.15) is 0 Å². The van der Waals surface area contributed by atoms with E-state index < -0.39 is 10.8 Å². The monoisotopic (exact) mass is 367 g/mol. The van der Waals surface area contributed by atoms with Gasteiger partial charge in [0.25, 0.3) is 5.69 Å². The van der Waals surface area contributed by atoms with E-state index in [2.05, 4.69) is 5.32 Å². The number of hydrogen-bond acceptors (Lipinski definition) is 4. The third-order valence-electron chi connectivity index (χ3n) is 4.77. The van der Waals surface area contributed by atoms with E-state index in [-0.39, 0.29) is 23.9 Å². The highest BCUT2D eigenvalue weighted by Gasteiger charge is 2.35. The third-order valence-corrected chi connectivity index (χ3v) is 4.77. The predicted molar refractivity (Wildman–Crippen MR) is 103 cm³/mol. The lowest BCUT2D eigenvalue weighted by molar-refractivity contribution is -0.385. The molecule has 1 aliphatic rings. The van der Waals surface area contributed by atoms with Crippen LogP contribution in [0.25, 0.3) is 0 Å². The Kier molecular flexibility index (Phi) is 4.94. The molecule has 2 aromatic rings. The lowest BCUT2D eigenvalue weighted by atomic mass is 10.1. The molecule has 0 bridgehead atoms. The van der Waals surface area contributed by atoms with E-state index in [9.17, 15) is 19.7 Å². The summed E-state index contributed by atoms with van der Waals surface area (Å²) >= 11 is 0. The minimum atomic E-state index is -0.503. The van der Waals surface area contributed by atoms with Crippen molar-refractivity contribution in [3.05, 3.63) is 63.2 Å². The maximum Gasteiger partial charge on any atom is 0.274 e. The average Bonchev–Trinajstić information content (AvgIpc) is 2.97. The van der Waals surface area contributed by atoms with Crippen LogP contribution in [0.5, 0.6) is 0 Å². The molecule has 3 rings (SSSR count). The summed E-state index contributed by atoms with van der Waals surface area (Å²) in [5.74, 6) is -0.910. The maximum atomic E-state index is 12.6. The van der Waals surface area contributed by atoms with Crippen molar-refractivity contribution in [1.82, 2.24) is 0 Å². The molecular weight excluding hydrogens is 346 g/mol. The standard InChI is InChI=1S/C20H21N3O4/c1-12-7-13(2)9-16(8-12)22-11-15(10-19(22)24)20(25)21-17-5-4-6-18(14(17)3)23(26)27/h4-9,15H,10-11H2,1-3H3,(H,21,25). The molecule has 7 nitrogen and oxygen atoms in total. The summed E-state index contributed by atoms with van der Waals surface area (Å²) in [4.78, 5) is 37.3. The summed E-state index contributed by atoms with van der Waals surface area (Å²) in [7, 11) is 0. The van der Waals surface area contributed by atoms with Crippen molar-refractivity contribution in [2.75, 3.05) is 16.8 Å². The van der Waals surface area contributed by atoms with Gasteiger partial charge in [-0.15, -0.1) is 0 Å². The van der Waals surface area contributed by atoms with Crippen LogP contribution in [0.2, 0.25) is 0 Å². The van der Waals surface area contributed by atoms with Crippen LogP contribution in [0.3, 0.4) is 0 Å². The maximum absolute atomic E-state index is 12.6. The molecule has 2 aromatic carbocycles. The van der Waals surface area contributed by atoms with Gasteiger partial charge >= 0.3 is 0 Å². The van der Waals surface area contributed by atoms with Crippen molar-refractivity contribution in [2.24, 2.45) is 5.92 Å². The molecule has 0 aliphatic carbocycles. The first-order valence-corrected chi connectivity index (χ1v) is 8.70. The first-order valence-electron chi connectivity index (χ1n) is 8.70. The van der Waals surface area contributed by atoms with Crippen molar-refractivity contribution >= 4 is 28.9 Å². The Bertz CT molecular complexity index is 919. The summed E-state index contributed by atoms with van der Waals surface area (Å²) in [5, 5.41) is 13.8. The number of nitro groups is 1. The first-order chi connectivity index (χ1) is 12.8. The highest BCUT2D eigenvalue weighted by molar-refractivity contribution is 6.03. The molecule has 1 N–H and O–H groups in total. The van der Waals surface area contributed by atoms with E-state index in [1.54, 1.807) is 17.9 Å². The predicted octanol–water partition coefficient (Wildman–Crippen LogP) is 3.51. The SMILES string of the molecule is Cc1cc(C)cc(N2CC(C(=O)Nc3cccc([N+](=O)[O-])c3C)CC2=O)c1. The number of nitro benzene ring substituents is 1. The summed E-state index contributed by atoms with van der Waals surface area (Å²) in [5.41, 5.74) is 3.64. The summed E-state index contributed by atoms with van der Waals surface area (Å²) in [6.07, 6.45) is 0.118. The Morgan fingerprint density at radius 2 is 1.85 bits per heavy atom. The number of benzene rings is 2. The van der Waals surface area contributed by atoms with Gasteiger partial charge in [0.05, 0.1) is 22.1 Å². The van der Waals surface area contributed by atoms with E-state index in [4.69, 9.17) is 0 Å². The lowest BCUT2D eigenvalue weighted by Gasteiger charge is -2.18. The Hall–Kier alpha value is -3.22. The Morgan fingerprint density at radius 1 is 1.19 bits per heavy atom. The van der Waals surface area contributed by atoms with Crippen molar-refractivity contribution in [1.29, 1.82) is 0 Å². The van der Waals surface area contributed by atoms with Crippen LogP contribution in [0, 0.1) is 36.8 Å². The fourth-order valence-electron chi connectivity index (χ4n) is 3.43. The molecule has 1 atom stereocenters. The lowest BCUT2D eigenvalue weighted by Crippen LogP contribution is -2.28. The zero-order valence-electron chi connectivity index (χ0n) is 15.5. The van der Waals surface area contributed by atoms with Gasteiger partial charge in [-0.1, -0.05) is 12.1 Å². The molecule has 27 heavy (non-hydrogen) atoms. The van der Waals surface area contributed by atoms with Crippen LogP contribution >= 0.6 is 0 Å². The molecular formula is C20H21N3O4. The van der Waals surface area contributed by atoms with Crippen LogP contribution in [0.1, 0.15) is 23.1 Å². The van der Waals surface area contributed by atoms with Gasteiger partial charge in [-0.25, -0.2) is 0 Å². The van der Waals surface area contributed by atoms with Crippen LogP contribution < -0.4 is 10.2 Å². The van der Waals surface area contributed by atoms with Crippen molar-refractivity contribution in [3.63, 3.8) is 0 Å². The Labute approximate surface area is 157 Å². The van der Waals surface area contributed by atoms with Gasteiger partial charge in [-0.2, -0.15) is 0 Å². The van der Waals surface area contributed by atoms with Gasteiger partial charge in [-0.05, 0) is 50.1 Å². The molecule has 1 fully saturated rings. The molecule has 1 unspecified atom stereocenters. The van der Waals surface area contributed by atoms with Crippen molar-refractivity contribution < 1.29 is 14.5 Å². The molecule has 7 heteroatoms. The topological polar surface area (TPSA) is 92.6 Å². The second-order valence-electron chi connectivity index (χ2n) is 6.95. The van der Waals surface area contributed by atoms with Gasteiger partial charge in [0, 0.05) is 24.7 Å². The van der Waals surface area contributed by atoms with Crippen molar-refractivity contribution in [3.8, 4) is 0 Å². The second-order valence-corrected chi connectivity index (χ2v) is 6.95. The van der Waals surface area contributed by atoms with E-state index in [0.29, 0.717) is 17.8 Å². The van der Waals surface area contributed by atoms with E-state index in [1.165, 1.54) is 12.1 Å². The number of hydrogen-bond donors (Lipinski definition) is 1. The smallest absolute Gasteiger partial charge is 0.274 e. The second kappa shape index (κ2) is 7.19. The van der Waals surface area contributed by atoms with Gasteiger partial charge < -0.3 is 10.2 Å². The highest BCUT2D eigenvalue weighted by atomic mass is 16.6. The number of carbonyl (C=O) groups excluding carboxylic acids is 2. The zero-order valence-corrected chi connectivity index (χ0v) is 15.5. The molecule has 2 amide bonds. The number of carbonyl (C=O) groups is 2. The molecule has 1 heterocycles. The molecule has 1 aliphatic heterocycles. The number of rotatable bonds is 4. The van der Waals surface area contributed by atoms with E-state index >= 15 is 0 Å². The highest BCUT2D eigenvalue weighted by Crippen LogP contribution is 2.29. The minimum absolute atomic E-state index is 0.0489. The largest absolute Gasteiger partial charge is 0.325 e. The fraction of sp³-hybridized carbons (Fsp3) is 0.300. The van der Waals surface area contributed by atoms with Crippen LogP contribution in [0.4, 0.5) is 17.1 Å². The number of amides is 2. The van der Waals surface area contributed by atoms with Crippen LogP contribution in [-0.2, 0) is 9.59 Å². The van der Waals surface area contributed by atoms with Crippen molar-refractivity contribution in [2.45, 2.75) is 27.2 Å². The fourth-order valence-corrected chi connectivity index (χ4v) is 3.43. The summed E-state index contributed by atoms with van der Waals surface area (Å²) < 4.78 is 0. The minimum Gasteiger partial charge on any atom is -0.325 e. The van der Waals surface area contributed by atoms with Crippen LogP contribution in [-0.4, -0.2) is 23.3 Å². The first kappa shape index (κ1) is 18.6. The number of aryl methyl sites for hydroxylation is 2. The Balaban J connectivity index is 1.77. The molecule has 1 saturated heterocycles. The van der Waals surface area contributed by atoms with E-state index in [1.807, 2.05) is 32.0 Å². The van der Waals surface area contributed by atoms with Gasteiger partial charge in [0.2, 0.25) is 11.8 Å². The van der Waals surface area contributed by atoms with Gasteiger partial charge in [0.15, 0.2) is 0 Å². The molecule has 0 aromatic heterocycles. The number of nitrogens with one attached hydrogen (secondary N) is 1. The zero-order chi connectivity index (χ0) is 19.7. The summed E-state index contributed by atoms with van der Waals surface area (Å²) in [6.45, 7) is 5.82. The number of nitrogens with zero attached hydrogens (tertiary/aromatic N) is 2.